The minimum atomic E-state index is -0.117. The molecule has 2 aromatic heterocycles. The highest BCUT2D eigenvalue weighted by Crippen LogP contribution is 2.29. The van der Waals surface area contributed by atoms with Crippen LogP contribution in [0.15, 0.2) is 58.6 Å². The number of thioether (sulfide) groups is 1. The maximum Gasteiger partial charge on any atom is 0.278 e. The second-order valence-electron chi connectivity index (χ2n) is 8.68. The number of amides is 1. The summed E-state index contributed by atoms with van der Waals surface area (Å²) in [5, 5.41) is 3.61. The van der Waals surface area contributed by atoms with Crippen molar-refractivity contribution in [3.63, 3.8) is 0 Å². The smallest absolute Gasteiger partial charge is 0.278 e. The van der Waals surface area contributed by atoms with Crippen LogP contribution in [-0.2, 0) is 18.4 Å². The summed E-state index contributed by atoms with van der Waals surface area (Å²) in [4.78, 5) is 31.2. The molecule has 1 N–H and O–H groups in total. The maximum atomic E-state index is 13.4. The first-order valence-corrected chi connectivity index (χ1v) is 12.4. The zero-order valence-electron chi connectivity index (χ0n) is 20.3. The SMILES string of the molecule is CCCn1c(SCC(=O)Nc2c(C)cc(C)cc2C)nc2c(-c3ccccc3)cn(C)c2c1=O. The molecule has 4 aromatic rings. The van der Waals surface area contributed by atoms with E-state index in [-0.39, 0.29) is 17.2 Å². The average Bonchev–Trinajstić information content (AvgIpc) is 3.14. The number of anilines is 1. The Kier molecular flexibility index (Phi) is 6.93. The molecule has 0 saturated carbocycles. The summed E-state index contributed by atoms with van der Waals surface area (Å²) >= 11 is 1.30. The van der Waals surface area contributed by atoms with Gasteiger partial charge < -0.3 is 9.88 Å². The van der Waals surface area contributed by atoms with Crippen molar-refractivity contribution in [2.24, 2.45) is 7.05 Å². The Hall–Kier alpha value is -3.32. The van der Waals surface area contributed by atoms with E-state index in [4.69, 9.17) is 4.98 Å². The average molecular weight is 475 g/mol. The lowest BCUT2D eigenvalue weighted by Gasteiger charge is -2.14. The normalized spacial score (nSPS) is 11.2. The third-order valence-corrected chi connectivity index (χ3v) is 6.82. The van der Waals surface area contributed by atoms with Crippen LogP contribution in [0.3, 0.4) is 0 Å². The van der Waals surface area contributed by atoms with Crippen LogP contribution in [0.4, 0.5) is 5.69 Å². The van der Waals surface area contributed by atoms with E-state index >= 15 is 0 Å². The molecule has 4 rings (SSSR count). The quantitative estimate of drug-likeness (QED) is 0.285. The third kappa shape index (κ3) is 4.66. The van der Waals surface area contributed by atoms with Crippen molar-refractivity contribution in [3.8, 4) is 11.1 Å². The van der Waals surface area contributed by atoms with Crippen molar-refractivity contribution in [2.45, 2.75) is 45.8 Å². The van der Waals surface area contributed by atoms with Crippen LogP contribution in [0.5, 0.6) is 0 Å². The first-order valence-electron chi connectivity index (χ1n) is 11.5. The number of hydrogen-bond acceptors (Lipinski definition) is 4. The Balaban J connectivity index is 1.68. The van der Waals surface area contributed by atoms with Gasteiger partial charge in [-0.25, -0.2) is 4.98 Å². The number of carbonyl (C=O) groups is 1. The number of rotatable bonds is 7. The highest BCUT2D eigenvalue weighted by atomic mass is 32.2. The van der Waals surface area contributed by atoms with Gasteiger partial charge >= 0.3 is 0 Å². The molecule has 34 heavy (non-hydrogen) atoms. The van der Waals surface area contributed by atoms with Crippen LogP contribution >= 0.6 is 11.8 Å². The predicted octanol–water partition coefficient (Wildman–Crippen LogP) is 5.47. The minimum absolute atomic E-state index is 0.0790. The molecule has 0 bridgehead atoms. The van der Waals surface area contributed by atoms with Crippen molar-refractivity contribution in [1.29, 1.82) is 0 Å². The van der Waals surface area contributed by atoms with Gasteiger partial charge in [0.1, 0.15) is 11.0 Å². The van der Waals surface area contributed by atoms with Gasteiger partial charge in [0.2, 0.25) is 5.91 Å². The lowest BCUT2D eigenvalue weighted by atomic mass is 10.1. The molecule has 7 heteroatoms. The summed E-state index contributed by atoms with van der Waals surface area (Å²) in [6.07, 6.45) is 2.75. The molecule has 0 aliphatic rings. The van der Waals surface area contributed by atoms with E-state index in [0.717, 1.165) is 34.4 Å². The van der Waals surface area contributed by atoms with Crippen molar-refractivity contribution >= 4 is 34.4 Å². The molecule has 1 amide bonds. The predicted molar refractivity (Wildman–Crippen MR) is 141 cm³/mol. The number of nitrogens with zero attached hydrogens (tertiary/aromatic N) is 3. The monoisotopic (exact) mass is 474 g/mol. The van der Waals surface area contributed by atoms with Crippen LogP contribution in [0.25, 0.3) is 22.2 Å². The fourth-order valence-corrected chi connectivity index (χ4v) is 5.21. The number of carbonyl (C=O) groups excluding carboxylic acids is 1. The van der Waals surface area contributed by atoms with Crippen LogP contribution in [0.2, 0.25) is 0 Å². The highest BCUT2D eigenvalue weighted by molar-refractivity contribution is 7.99. The molecular formula is C27H30N4O2S. The largest absolute Gasteiger partial charge is 0.344 e. The third-order valence-electron chi connectivity index (χ3n) is 5.85. The van der Waals surface area contributed by atoms with Gasteiger partial charge in [0, 0.05) is 31.0 Å². The summed E-state index contributed by atoms with van der Waals surface area (Å²) < 4.78 is 3.54. The van der Waals surface area contributed by atoms with Gasteiger partial charge in [-0.3, -0.25) is 14.2 Å². The summed E-state index contributed by atoms with van der Waals surface area (Å²) in [5.74, 6) is 0.0517. The first kappa shape index (κ1) is 23.8. The Morgan fingerprint density at radius 3 is 2.41 bits per heavy atom. The van der Waals surface area contributed by atoms with Crippen LogP contribution < -0.4 is 10.9 Å². The van der Waals surface area contributed by atoms with Crippen LogP contribution in [0, 0.1) is 20.8 Å². The fourth-order valence-electron chi connectivity index (χ4n) is 4.39. The minimum Gasteiger partial charge on any atom is -0.344 e. The standard InChI is InChI=1S/C27H30N4O2S/c1-6-12-31-26(33)25-24(21(15-30(25)5)20-10-8-7-9-11-20)29-27(31)34-16-22(32)28-23-18(3)13-17(2)14-19(23)4/h7-11,13-15H,6,12,16H2,1-5H3,(H,28,32). The molecule has 0 atom stereocenters. The lowest BCUT2D eigenvalue weighted by Crippen LogP contribution is -2.25. The van der Waals surface area contributed by atoms with Crippen molar-refractivity contribution in [3.05, 3.63) is 75.7 Å². The topological polar surface area (TPSA) is 68.9 Å². The van der Waals surface area contributed by atoms with E-state index in [1.807, 2.05) is 75.8 Å². The molecule has 0 unspecified atom stereocenters. The zero-order chi connectivity index (χ0) is 24.4. The Labute approximate surface area is 204 Å². The van der Waals surface area contributed by atoms with Gasteiger partial charge in [0.15, 0.2) is 5.16 Å². The van der Waals surface area contributed by atoms with Crippen molar-refractivity contribution < 1.29 is 4.79 Å². The van der Waals surface area contributed by atoms with Crippen LogP contribution in [0.1, 0.15) is 30.0 Å². The van der Waals surface area contributed by atoms with E-state index in [9.17, 15) is 9.59 Å². The number of aryl methyl sites for hydroxylation is 4. The highest BCUT2D eigenvalue weighted by Gasteiger charge is 2.19. The Morgan fingerprint density at radius 1 is 1.09 bits per heavy atom. The van der Waals surface area contributed by atoms with Gasteiger partial charge in [-0.1, -0.05) is 66.7 Å². The molecule has 0 aliphatic carbocycles. The van der Waals surface area contributed by atoms with E-state index in [1.54, 1.807) is 4.57 Å². The van der Waals surface area contributed by atoms with Gasteiger partial charge in [-0.05, 0) is 43.9 Å². The van der Waals surface area contributed by atoms with Gasteiger partial charge in [0.05, 0.1) is 5.75 Å². The number of benzene rings is 2. The van der Waals surface area contributed by atoms with E-state index in [2.05, 4.69) is 17.4 Å². The molecule has 6 nitrogen and oxygen atoms in total. The van der Waals surface area contributed by atoms with E-state index < -0.39 is 0 Å². The zero-order valence-corrected chi connectivity index (χ0v) is 21.1. The van der Waals surface area contributed by atoms with E-state index in [1.165, 1.54) is 17.3 Å². The summed E-state index contributed by atoms with van der Waals surface area (Å²) in [5.41, 5.74) is 7.17. The fraction of sp³-hybridized carbons (Fsp3) is 0.296. The molecule has 0 aliphatic heterocycles. The second-order valence-corrected chi connectivity index (χ2v) is 9.62. The van der Waals surface area contributed by atoms with Crippen molar-refractivity contribution in [2.75, 3.05) is 11.1 Å². The molecule has 176 valence electrons. The number of hydrogen-bond donors (Lipinski definition) is 1. The van der Waals surface area contributed by atoms with Gasteiger partial charge in [-0.15, -0.1) is 0 Å². The number of aromatic nitrogens is 3. The first-order chi connectivity index (χ1) is 16.3. The molecule has 2 aromatic carbocycles. The summed E-state index contributed by atoms with van der Waals surface area (Å²) in [6.45, 7) is 8.62. The number of nitrogens with one attached hydrogen (secondary N) is 1. The molecule has 2 heterocycles. The molecule has 0 fully saturated rings. The molecule has 0 spiro atoms. The van der Waals surface area contributed by atoms with Gasteiger partial charge in [0.25, 0.3) is 5.56 Å². The molecule has 0 saturated heterocycles. The Morgan fingerprint density at radius 2 is 1.76 bits per heavy atom. The lowest BCUT2D eigenvalue weighted by molar-refractivity contribution is -0.113. The Bertz CT molecular complexity index is 1400. The molecule has 0 radical (unpaired) electrons. The maximum absolute atomic E-state index is 13.4. The van der Waals surface area contributed by atoms with E-state index in [0.29, 0.717) is 22.7 Å². The van der Waals surface area contributed by atoms with Crippen molar-refractivity contribution in [1.82, 2.24) is 14.1 Å². The van der Waals surface area contributed by atoms with Crippen LogP contribution in [-0.4, -0.2) is 25.8 Å². The van der Waals surface area contributed by atoms with Gasteiger partial charge in [-0.2, -0.15) is 0 Å². The number of fused-ring (bicyclic) bond motifs is 1. The second kappa shape index (κ2) is 9.89. The summed E-state index contributed by atoms with van der Waals surface area (Å²) in [7, 11) is 1.88. The molecular weight excluding hydrogens is 444 g/mol. The summed E-state index contributed by atoms with van der Waals surface area (Å²) in [6, 6.07) is 14.1.